The van der Waals surface area contributed by atoms with Gasteiger partial charge in [-0.15, -0.1) is 0 Å². The van der Waals surface area contributed by atoms with Gasteiger partial charge in [-0.1, -0.05) is 6.92 Å². The lowest BCUT2D eigenvalue weighted by molar-refractivity contribution is 0.0697. The Bertz CT molecular complexity index is 337. The molecular weight excluding hydrogens is 190 g/mol. The second kappa shape index (κ2) is 4.49. The molecule has 0 aliphatic heterocycles. The van der Waals surface area contributed by atoms with E-state index in [-0.39, 0.29) is 0 Å². The fraction of sp³-hybridized carbons (Fsp3) is 0.545. The van der Waals surface area contributed by atoms with Gasteiger partial charge in [0.2, 0.25) is 0 Å². The summed E-state index contributed by atoms with van der Waals surface area (Å²) in [5.41, 5.74) is 6.70. The molecule has 0 spiro atoms. The predicted molar refractivity (Wildman–Crippen MR) is 62.8 cm³/mol. The highest BCUT2D eigenvalue weighted by molar-refractivity contribution is 5.61. The number of nitrogens with one attached hydrogen (secondary N) is 1. The monoisotopic (exact) mass is 209 g/mol. The number of rotatable bonds is 4. The minimum Gasteiger partial charge on any atom is -0.396 e. The molecule has 0 aliphatic rings. The summed E-state index contributed by atoms with van der Waals surface area (Å²) in [6.45, 7) is 6.11. The number of nitrogens with zero attached hydrogens (tertiary/aromatic N) is 1. The number of hydrogen-bond acceptors (Lipinski definition) is 4. The highest BCUT2D eigenvalue weighted by atomic mass is 16.3. The lowest BCUT2D eigenvalue weighted by atomic mass is 10.0. The van der Waals surface area contributed by atoms with E-state index < -0.39 is 5.60 Å². The maximum Gasteiger partial charge on any atom is 0.149 e. The molecule has 0 radical (unpaired) electrons. The lowest BCUT2D eigenvalue weighted by Crippen LogP contribution is -2.32. The third kappa shape index (κ3) is 3.40. The van der Waals surface area contributed by atoms with Crippen molar-refractivity contribution in [1.82, 2.24) is 4.98 Å². The van der Waals surface area contributed by atoms with Crippen LogP contribution in [0.5, 0.6) is 0 Å². The van der Waals surface area contributed by atoms with E-state index >= 15 is 0 Å². The van der Waals surface area contributed by atoms with Gasteiger partial charge < -0.3 is 16.2 Å². The lowest BCUT2D eigenvalue weighted by Gasteiger charge is -2.22. The molecule has 1 aromatic rings. The first kappa shape index (κ1) is 11.8. The van der Waals surface area contributed by atoms with Crippen LogP contribution in [0.3, 0.4) is 0 Å². The third-order valence-electron chi connectivity index (χ3n) is 2.45. The zero-order chi connectivity index (χ0) is 11.5. The van der Waals surface area contributed by atoms with Crippen molar-refractivity contribution >= 4 is 11.5 Å². The van der Waals surface area contributed by atoms with E-state index in [2.05, 4.69) is 10.3 Å². The molecule has 0 fully saturated rings. The van der Waals surface area contributed by atoms with Crippen LogP contribution in [0.15, 0.2) is 12.3 Å². The summed E-state index contributed by atoms with van der Waals surface area (Å²) >= 11 is 0. The van der Waals surface area contributed by atoms with Crippen molar-refractivity contribution in [2.45, 2.75) is 32.8 Å². The summed E-state index contributed by atoms with van der Waals surface area (Å²) in [7, 11) is 0. The van der Waals surface area contributed by atoms with E-state index in [1.165, 1.54) is 0 Å². The van der Waals surface area contributed by atoms with Crippen LogP contribution in [0.4, 0.5) is 11.5 Å². The molecule has 1 rings (SSSR count). The zero-order valence-corrected chi connectivity index (χ0v) is 9.54. The summed E-state index contributed by atoms with van der Waals surface area (Å²) in [6.07, 6.45) is 2.44. The molecule has 4 N–H and O–H groups in total. The summed E-state index contributed by atoms with van der Waals surface area (Å²) in [4.78, 5) is 4.17. The van der Waals surface area contributed by atoms with Crippen molar-refractivity contribution < 1.29 is 5.11 Å². The summed E-state index contributed by atoms with van der Waals surface area (Å²) < 4.78 is 0. The zero-order valence-electron chi connectivity index (χ0n) is 9.54. The molecule has 1 atom stereocenters. The fourth-order valence-corrected chi connectivity index (χ4v) is 1.14. The summed E-state index contributed by atoms with van der Waals surface area (Å²) in [5.74, 6) is 0.634. The number of aryl methyl sites for hydroxylation is 1. The normalized spacial score (nSPS) is 14.7. The van der Waals surface area contributed by atoms with Gasteiger partial charge >= 0.3 is 0 Å². The fourth-order valence-electron chi connectivity index (χ4n) is 1.14. The van der Waals surface area contributed by atoms with Gasteiger partial charge in [-0.25, -0.2) is 4.98 Å². The van der Waals surface area contributed by atoms with Gasteiger partial charge in [-0.3, -0.25) is 0 Å². The molecule has 84 valence electrons. The van der Waals surface area contributed by atoms with Crippen LogP contribution in [0, 0.1) is 6.92 Å². The Morgan fingerprint density at radius 2 is 2.27 bits per heavy atom. The Kier molecular flexibility index (Phi) is 3.52. The van der Waals surface area contributed by atoms with Crippen molar-refractivity contribution in [3.63, 3.8) is 0 Å². The van der Waals surface area contributed by atoms with E-state index in [1.54, 1.807) is 13.1 Å². The van der Waals surface area contributed by atoms with Gasteiger partial charge in [0, 0.05) is 12.7 Å². The molecule has 1 heterocycles. The van der Waals surface area contributed by atoms with E-state index in [4.69, 9.17) is 5.73 Å². The molecule has 1 aromatic heterocycles. The first-order valence-electron chi connectivity index (χ1n) is 5.13. The number of nitrogens with two attached hydrogens (primary N) is 1. The predicted octanol–water partition coefficient (Wildman–Crippen LogP) is 1.55. The third-order valence-corrected chi connectivity index (χ3v) is 2.45. The van der Waals surface area contributed by atoms with E-state index in [9.17, 15) is 5.11 Å². The Balaban J connectivity index is 2.66. The van der Waals surface area contributed by atoms with Gasteiger partial charge in [0.05, 0.1) is 11.3 Å². The molecule has 0 saturated heterocycles. The van der Waals surface area contributed by atoms with Crippen LogP contribution in [0.2, 0.25) is 0 Å². The molecular formula is C11H19N3O. The number of pyridine rings is 1. The summed E-state index contributed by atoms with van der Waals surface area (Å²) in [5, 5.41) is 12.8. The average molecular weight is 209 g/mol. The van der Waals surface area contributed by atoms with Gasteiger partial charge in [-0.2, -0.15) is 0 Å². The molecule has 4 nitrogen and oxygen atoms in total. The first-order valence-corrected chi connectivity index (χ1v) is 5.13. The van der Waals surface area contributed by atoms with Crippen LogP contribution in [-0.2, 0) is 0 Å². The quantitative estimate of drug-likeness (QED) is 0.703. The van der Waals surface area contributed by atoms with Gasteiger partial charge in [0.25, 0.3) is 0 Å². The van der Waals surface area contributed by atoms with E-state index in [0.717, 1.165) is 5.56 Å². The maximum atomic E-state index is 9.80. The SMILES string of the molecule is CCC(C)(O)CNc1ncc(C)cc1N. The number of hydrogen-bond donors (Lipinski definition) is 3. The van der Waals surface area contributed by atoms with Crippen LogP contribution >= 0.6 is 0 Å². The minimum absolute atomic E-state index is 0.448. The molecule has 0 aliphatic carbocycles. The van der Waals surface area contributed by atoms with Gasteiger partial charge in [-0.05, 0) is 31.9 Å². The van der Waals surface area contributed by atoms with Gasteiger partial charge in [0.1, 0.15) is 5.82 Å². The van der Waals surface area contributed by atoms with E-state index in [1.807, 2.05) is 19.9 Å². The van der Waals surface area contributed by atoms with Crippen molar-refractivity contribution in [3.8, 4) is 0 Å². The Morgan fingerprint density at radius 1 is 1.60 bits per heavy atom. The number of anilines is 2. The van der Waals surface area contributed by atoms with Crippen LogP contribution in [0.25, 0.3) is 0 Å². The Labute approximate surface area is 90.5 Å². The maximum absolute atomic E-state index is 9.80. The molecule has 0 saturated carbocycles. The van der Waals surface area contributed by atoms with Crippen LogP contribution in [0.1, 0.15) is 25.8 Å². The van der Waals surface area contributed by atoms with Crippen LogP contribution in [-0.4, -0.2) is 22.2 Å². The average Bonchev–Trinajstić information content (AvgIpc) is 2.16. The molecule has 15 heavy (non-hydrogen) atoms. The largest absolute Gasteiger partial charge is 0.396 e. The first-order chi connectivity index (χ1) is 6.94. The standard InChI is InChI=1S/C11H19N3O/c1-4-11(3,15)7-14-10-9(12)5-8(2)6-13-10/h5-6,15H,4,7,12H2,1-3H3,(H,13,14). The second-order valence-electron chi connectivity index (χ2n) is 4.15. The highest BCUT2D eigenvalue weighted by Crippen LogP contribution is 2.17. The minimum atomic E-state index is -0.723. The number of nitrogen functional groups attached to an aromatic ring is 1. The van der Waals surface area contributed by atoms with E-state index in [0.29, 0.717) is 24.5 Å². The molecule has 0 bridgehead atoms. The Hall–Kier alpha value is -1.29. The van der Waals surface area contributed by atoms with Crippen molar-refractivity contribution in [2.24, 2.45) is 0 Å². The topological polar surface area (TPSA) is 71.2 Å². The number of aliphatic hydroxyl groups is 1. The van der Waals surface area contributed by atoms with Gasteiger partial charge in [0.15, 0.2) is 0 Å². The van der Waals surface area contributed by atoms with Crippen molar-refractivity contribution in [2.75, 3.05) is 17.6 Å². The summed E-state index contributed by atoms with van der Waals surface area (Å²) in [6, 6.07) is 1.86. The highest BCUT2D eigenvalue weighted by Gasteiger charge is 2.17. The molecule has 0 aromatic carbocycles. The smallest absolute Gasteiger partial charge is 0.149 e. The molecule has 0 amide bonds. The Morgan fingerprint density at radius 3 is 2.80 bits per heavy atom. The van der Waals surface area contributed by atoms with Crippen molar-refractivity contribution in [3.05, 3.63) is 17.8 Å². The molecule has 4 heteroatoms. The number of aromatic nitrogens is 1. The molecule has 1 unspecified atom stereocenters. The van der Waals surface area contributed by atoms with Crippen molar-refractivity contribution in [1.29, 1.82) is 0 Å². The van der Waals surface area contributed by atoms with Crippen LogP contribution < -0.4 is 11.1 Å². The second-order valence-corrected chi connectivity index (χ2v) is 4.15.